The van der Waals surface area contributed by atoms with Gasteiger partial charge < -0.3 is 9.47 Å². The average Bonchev–Trinajstić information content (AvgIpc) is 2.57. The maximum Gasteiger partial charge on any atom is 0.306 e. The number of esters is 2. The van der Waals surface area contributed by atoms with Crippen LogP contribution in [0.4, 0.5) is 4.39 Å². The molecule has 0 atom stereocenters. The number of alkyl halides is 1. The summed E-state index contributed by atoms with van der Waals surface area (Å²) in [6.45, 7) is 1.61. The van der Waals surface area contributed by atoms with Crippen molar-refractivity contribution in [3.8, 4) is 0 Å². The van der Waals surface area contributed by atoms with Gasteiger partial charge in [0.1, 0.15) is 19.9 Å². The number of halogens is 1. The largest absolute Gasteiger partial charge is 0.463 e. The zero-order valence-corrected chi connectivity index (χ0v) is 15.1. The van der Waals surface area contributed by atoms with Gasteiger partial charge in [-0.1, -0.05) is 57.6 Å². The molecule has 0 aliphatic carbocycles. The quantitative estimate of drug-likeness (QED) is 0.227. The summed E-state index contributed by atoms with van der Waals surface area (Å²) in [6, 6.07) is 0. The van der Waals surface area contributed by atoms with Crippen LogP contribution in [0.1, 0.15) is 77.6 Å². The lowest BCUT2D eigenvalue weighted by molar-refractivity contribution is -0.145. The van der Waals surface area contributed by atoms with Crippen molar-refractivity contribution in [1.29, 1.82) is 0 Å². The lowest BCUT2D eigenvalue weighted by Crippen LogP contribution is -2.09. The van der Waals surface area contributed by atoms with Gasteiger partial charge in [-0.15, -0.1) is 0 Å². The molecule has 0 aliphatic heterocycles. The van der Waals surface area contributed by atoms with E-state index in [1.165, 1.54) is 44.9 Å². The predicted octanol–water partition coefficient (Wildman–Crippen LogP) is 4.91. The predicted molar refractivity (Wildman–Crippen MR) is 93.5 cm³/mol. The van der Waals surface area contributed by atoms with Crippen LogP contribution < -0.4 is 0 Å². The molecule has 0 heterocycles. The number of allylic oxidation sites excluding steroid dienone is 1. The summed E-state index contributed by atoms with van der Waals surface area (Å²) in [5.74, 6) is -0.802. The fourth-order valence-corrected chi connectivity index (χ4v) is 2.22. The van der Waals surface area contributed by atoms with E-state index in [1.54, 1.807) is 0 Å². The fraction of sp³-hybridized carbons (Fsp3) is 0.789. The van der Waals surface area contributed by atoms with Crippen LogP contribution in [0.25, 0.3) is 0 Å². The summed E-state index contributed by atoms with van der Waals surface area (Å²) in [7, 11) is 0. The first-order valence-corrected chi connectivity index (χ1v) is 9.23. The van der Waals surface area contributed by atoms with Crippen LogP contribution in [0.2, 0.25) is 0 Å². The number of hydrogen-bond acceptors (Lipinski definition) is 4. The zero-order chi connectivity index (χ0) is 17.9. The molecule has 0 fully saturated rings. The molecule has 0 aromatic carbocycles. The highest BCUT2D eigenvalue weighted by molar-refractivity contribution is 5.72. The number of unbranched alkanes of at least 4 members (excludes halogenated alkanes) is 7. The first kappa shape index (κ1) is 22.6. The van der Waals surface area contributed by atoms with E-state index in [-0.39, 0.29) is 32.0 Å². The Morgan fingerprint density at radius 3 is 2.12 bits per heavy atom. The molecule has 0 aromatic rings. The number of carbonyl (C=O) groups is 2. The van der Waals surface area contributed by atoms with Crippen molar-refractivity contribution in [3.63, 3.8) is 0 Å². The SMILES string of the molecule is CCCCCCCCC/C=C/COC(=O)CCCC(=O)OCCF. The third-order valence-corrected chi connectivity index (χ3v) is 3.58. The minimum atomic E-state index is -0.682. The Hall–Kier alpha value is -1.39. The highest BCUT2D eigenvalue weighted by atomic mass is 19.1. The number of ether oxygens (including phenoxy) is 2. The van der Waals surface area contributed by atoms with E-state index in [2.05, 4.69) is 11.7 Å². The molecule has 0 rings (SSSR count). The van der Waals surface area contributed by atoms with Crippen molar-refractivity contribution < 1.29 is 23.5 Å². The molecular weight excluding hydrogens is 311 g/mol. The first-order chi connectivity index (χ1) is 11.7. The van der Waals surface area contributed by atoms with Gasteiger partial charge in [0.05, 0.1) is 0 Å². The molecule has 0 aliphatic rings. The summed E-state index contributed by atoms with van der Waals surface area (Å²) in [5, 5.41) is 0. The van der Waals surface area contributed by atoms with E-state index in [1.807, 2.05) is 12.2 Å². The molecule has 24 heavy (non-hydrogen) atoms. The van der Waals surface area contributed by atoms with Gasteiger partial charge in [0.15, 0.2) is 0 Å². The molecule has 0 unspecified atom stereocenters. The standard InChI is InChI=1S/C19H33FO4/c1-2-3-4-5-6-7-8-9-10-11-16-23-18(21)13-12-14-19(22)24-17-15-20/h10-11H,2-9,12-17H2,1H3/b11-10+. The first-order valence-electron chi connectivity index (χ1n) is 9.23. The summed E-state index contributed by atoms with van der Waals surface area (Å²) in [6.07, 6.45) is 14.6. The second-order valence-corrected chi connectivity index (χ2v) is 5.83. The average molecular weight is 344 g/mol. The molecule has 140 valence electrons. The zero-order valence-electron chi connectivity index (χ0n) is 15.1. The van der Waals surface area contributed by atoms with Crippen molar-refractivity contribution in [2.24, 2.45) is 0 Å². The maximum absolute atomic E-state index is 11.8. The Morgan fingerprint density at radius 2 is 1.46 bits per heavy atom. The van der Waals surface area contributed by atoms with Crippen molar-refractivity contribution >= 4 is 11.9 Å². The third-order valence-electron chi connectivity index (χ3n) is 3.58. The Kier molecular flexibility index (Phi) is 16.9. The molecular formula is C19H33FO4. The fourth-order valence-electron chi connectivity index (χ4n) is 2.22. The van der Waals surface area contributed by atoms with Crippen molar-refractivity contribution in [3.05, 3.63) is 12.2 Å². The van der Waals surface area contributed by atoms with E-state index in [0.717, 1.165) is 6.42 Å². The minimum absolute atomic E-state index is 0.114. The van der Waals surface area contributed by atoms with Crippen molar-refractivity contribution in [2.45, 2.75) is 77.6 Å². The summed E-state index contributed by atoms with van der Waals surface area (Å²) >= 11 is 0. The molecule has 0 bridgehead atoms. The van der Waals surface area contributed by atoms with Gasteiger partial charge in [0.2, 0.25) is 0 Å². The highest BCUT2D eigenvalue weighted by Crippen LogP contribution is 2.08. The molecule has 5 heteroatoms. The Morgan fingerprint density at radius 1 is 0.833 bits per heavy atom. The van der Waals surface area contributed by atoms with Gasteiger partial charge in [-0.05, 0) is 19.3 Å². The van der Waals surface area contributed by atoms with Crippen molar-refractivity contribution in [2.75, 3.05) is 19.9 Å². The lowest BCUT2D eigenvalue weighted by Gasteiger charge is -2.03. The summed E-state index contributed by atoms with van der Waals surface area (Å²) in [5.41, 5.74) is 0. The van der Waals surface area contributed by atoms with Crippen LogP contribution in [-0.4, -0.2) is 31.8 Å². The van der Waals surface area contributed by atoms with Crippen LogP contribution >= 0.6 is 0 Å². The molecule has 0 N–H and O–H groups in total. The number of carbonyl (C=O) groups excluding carboxylic acids is 2. The van der Waals surface area contributed by atoms with Gasteiger partial charge in [0.25, 0.3) is 0 Å². The molecule has 0 amide bonds. The maximum atomic E-state index is 11.8. The summed E-state index contributed by atoms with van der Waals surface area (Å²) in [4.78, 5) is 22.5. The van der Waals surface area contributed by atoms with Crippen LogP contribution in [0.5, 0.6) is 0 Å². The number of rotatable bonds is 16. The molecule has 0 radical (unpaired) electrons. The van der Waals surface area contributed by atoms with Gasteiger partial charge in [-0.2, -0.15) is 0 Å². The van der Waals surface area contributed by atoms with E-state index >= 15 is 0 Å². The van der Waals surface area contributed by atoms with Crippen LogP contribution in [0.15, 0.2) is 12.2 Å². The normalized spacial score (nSPS) is 10.9. The second-order valence-electron chi connectivity index (χ2n) is 5.83. The third kappa shape index (κ3) is 17.0. The van der Waals surface area contributed by atoms with E-state index in [9.17, 15) is 14.0 Å². The minimum Gasteiger partial charge on any atom is -0.463 e. The number of hydrogen-bond donors (Lipinski definition) is 0. The summed E-state index contributed by atoms with van der Waals surface area (Å²) < 4.78 is 21.4. The Balaban J connectivity index is 3.37. The molecule has 0 aromatic heterocycles. The van der Waals surface area contributed by atoms with Gasteiger partial charge in [0, 0.05) is 12.8 Å². The van der Waals surface area contributed by atoms with Gasteiger partial charge in [-0.3, -0.25) is 9.59 Å². The van der Waals surface area contributed by atoms with E-state index in [0.29, 0.717) is 6.42 Å². The van der Waals surface area contributed by atoms with Crippen LogP contribution in [-0.2, 0) is 19.1 Å². The monoisotopic (exact) mass is 344 g/mol. The topological polar surface area (TPSA) is 52.6 Å². The molecule has 0 spiro atoms. The molecule has 0 saturated carbocycles. The lowest BCUT2D eigenvalue weighted by atomic mass is 10.1. The van der Waals surface area contributed by atoms with Crippen LogP contribution in [0.3, 0.4) is 0 Å². The van der Waals surface area contributed by atoms with Gasteiger partial charge in [-0.25, -0.2) is 4.39 Å². The molecule has 0 saturated heterocycles. The Bertz CT molecular complexity index is 342. The van der Waals surface area contributed by atoms with E-state index < -0.39 is 12.6 Å². The van der Waals surface area contributed by atoms with E-state index in [4.69, 9.17) is 4.74 Å². The Labute approximate surface area is 145 Å². The molecule has 4 nitrogen and oxygen atoms in total. The van der Waals surface area contributed by atoms with Gasteiger partial charge >= 0.3 is 11.9 Å². The highest BCUT2D eigenvalue weighted by Gasteiger charge is 2.06. The van der Waals surface area contributed by atoms with Crippen molar-refractivity contribution in [1.82, 2.24) is 0 Å². The second kappa shape index (κ2) is 18.0. The smallest absolute Gasteiger partial charge is 0.306 e. The van der Waals surface area contributed by atoms with Crippen LogP contribution in [0, 0.1) is 0 Å².